The highest BCUT2D eigenvalue weighted by molar-refractivity contribution is 6.25. The first-order valence-electron chi connectivity index (χ1n) is 19.7. The van der Waals surface area contributed by atoms with Gasteiger partial charge in [-0.2, -0.15) is 0 Å². The highest BCUT2D eigenvalue weighted by atomic mass is 16.6. The van der Waals surface area contributed by atoms with Crippen molar-refractivity contribution in [3.05, 3.63) is 131 Å². The van der Waals surface area contributed by atoms with E-state index >= 15 is 4.79 Å². The molecule has 14 heteroatoms. The lowest BCUT2D eigenvalue weighted by Crippen LogP contribution is -2.57. The second kappa shape index (κ2) is 17.4. The summed E-state index contributed by atoms with van der Waals surface area (Å²) < 4.78 is 17.2. The molecule has 3 aliphatic rings. The van der Waals surface area contributed by atoms with E-state index in [1.54, 1.807) is 50.2 Å². The summed E-state index contributed by atoms with van der Waals surface area (Å²) in [6, 6.07) is 24.2. The number of methoxy groups -OCH3 is 1. The van der Waals surface area contributed by atoms with Crippen LogP contribution in [-0.2, 0) is 34.1 Å². The van der Waals surface area contributed by atoms with Crippen LogP contribution >= 0.6 is 0 Å². The second-order valence-electron chi connectivity index (χ2n) is 15.2. The van der Waals surface area contributed by atoms with Gasteiger partial charge in [0.05, 0.1) is 44.0 Å². The van der Waals surface area contributed by atoms with Crippen molar-refractivity contribution in [2.75, 3.05) is 31.8 Å². The molecule has 0 aliphatic carbocycles. The molecule has 0 unspecified atom stereocenters. The van der Waals surface area contributed by atoms with Crippen LogP contribution in [0.3, 0.4) is 0 Å². The van der Waals surface area contributed by atoms with Gasteiger partial charge in [0.15, 0.2) is 0 Å². The molecule has 3 aliphatic heterocycles. The van der Waals surface area contributed by atoms with Gasteiger partial charge in [0.2, 0.25) is 11.8 Å². The molecule has 60 heavy (non-hydrogen) atoms. The SMILES string of the molecule is COC(=O)[C@@H](NC(=O)N1C(=O)[C@@]2(c3cc(C#CCCO)ccc31)[C@H](c1cccc(OCCO)c1)N1[C@H](c3ccccc3)[C@H](c3ccccc3)OC(=O)[C@H]1[C@@H]2C(N)=O)C(C)C. The predicted octanol–water partition coefficient (Wildman–Crippen LogP) is 3.85. The fourth-order valence-corrected chi connectivity index (χ4v) is 9.00. The van der Waals surface area contributed by atoms with Gasteiger partial charge in [-0.3, -0.25) is 19.3 Å². The smallest absolute Gasteiger partial charge is 0.329 e. The maximum atomic E-state index is 16.0. The van der Waals surface area contributed by atoms with Crippen LogP contribution in [0.1, 0.15) is 66.3 Å². The minimum absolute atomic E-state index is 0.0483. The van der Waals surface area contributed by atoms with Gasteiger partial charge < -0.3 is 35.5 Å². The van der Waals surface area contributed by atoms with Crippen molar-refractivity contribution in [3.63, 3.8) is 0 Å². The number of hydrogen-bond acceptors (Lipinski definition) is 11. The van der Waals surface area contributed by atoms with Crippen molar-refractivity contribution in [3.8, 4) is 17.6 Å². The van der Waals surface area contributed by atoms with Crippen LogP contribution in [0.5, 0.6) is 5.75 Å². The zero-order chi connectivity index (χ0) is 42.7. The molecule has 5 N–H and O–H groups in total. The number of primary amides is 1. The van der Waals surface area contributed by atoms with Crippen molar-refractivity contribution < 1.29 is 48.4 Å². The molecule has 3 heterocycles. The number of aliphatic hydroxyl groups is 2. The number of hydrogen-bond donors (Lipinski definition) is 4. The zero-order valence-electron chi connectivity index (χ0n) is 33.3. The summed E-state index contributed by atoms with van der Waals surface area (Å²) in [4.78, 5) is 75.6. The third kappa shape index (κ3) is 7.14. The lowest BCUT2D eigenvalue weighted by atomic mass is 9.65. The Balaban J connectivity index is 1.56. The Morgan fingerprint density at radius 3 is 2.20 bits per heavy atom. The van der Waals surface area contributed by atoms with E-state index in [0.29, 0.717) is 28.0 Å². The summed E-state index contributed by atoms with van der Waals surface area (Å²) in [5, 5.41) is 21.8. The van der Waals surface area contributed by atoms with Gasteiger partial charge >= 0.3 is 18.0 Å². The summed E-state index contributed by atoms with van der Waals surface area (Å²) in [5.41, 5.74) is 6.73. The Morgan fingerprint density at radius 2 is 1.57 bits per heavy atom. The number of nitrogens with one attached hydrogen (secondary N) is 1. The Labute approximate surface area is 347 Å². The van der Waals surface area contributed by atoms with Crippen molar-refractivity contribution in [2.24, 2.45) is 17.6 Å². The van der Waals surface area contributed by atoms with E-state index in [1.165, 1.54) is 13.2 Å². The zero-order valence-corrected chi connectivity index (χ0v) is 33.3. The van der Waals surface area contributed by atoms with Crippen molar-refractivity contribution in [2.45, 2.75) is 56.0 Å². The van der Waals surface area contributed by atoms with Gasteiger partial charge in [-0.25, -0.2) is 14.5 Å². The number of nitrogens with zero attached hydrogens (tertiary/aromatic N) is 2. The van der Waals surface area contributed by atoms with Crippen molar-refractivity contribution in [1.29, 1.82) is 0 Å². The number of amides is 4. The number of carbonyl (C=O) groups is 5. The summed E-state index contributed by atoms with van der Waals surface area (Å²) in [5.74, 6) is 0.692. The molecule has 7 atom stereocenters. The lowest BCUT2D eigenvalue weighted by molar-refractivity contribution is -0.178. The number of esters is 2. The quantitative estimate of drug-likeness (QED) is 0.127. The van der Waals surface area contributed by atoms with E-state index in [0.717, 1.165) is 4.90 Å². The largest absolute Gasteiger partial charge is 0.491 e. The summed E-state index contributed by atoms with van der Waals surface area (Å²) >= 11 is 0. The molecule has 0 aromatic heterocycles. The fourth-order valence-electron chi connectivity index (χ4n) is 9.00. The molecule has 2 fully saturated rings. The van der Waals surface area contributed by atoms with Gasteiger partial charge in [0.1, 0.15) is 36.0 Å². The molecule has 2 saturated heterocycles. The highest BCUT2D eigenvalue weighted by Crippen LogP contribution is 2.65. The number of fused-ring (bicyclic) bond motifs is 3. The molecule has 4 aromatic carbocycles. The Kier molecular flexibility index (Phi) is 12.0. The molecule has 310 valence electrons. The summed E-state index contributed by atoms with van der Waals surface area (Å²) in [7, 11) is 1.19. The van der Waals surface area contributed by atoms with Crippen LogP contribution < -0.4 is 20.7 Å². The first kappa shape index (κ1) is 41.6. The third-order valence-corrected chi connectivity index (χ3v) is 11.4. The average molecular weight is 815 g/mol. The number of cyclic esters (lactones) is 1. The number of ether oxygens (including phenoxy) is 3. The maximum absolute atomic E-state index is 16.0. The number of imide groups is 1. The fraction of sp³-hybridized carbons (Fsp3) is 0.326. The molecule has 0 radical (unpaired) electrons. The van der Waals surface area contributed by atoms with Crippen LogP contribution in [0.25, 0.3) is 0 Å². The van der Waals surface area contributed by atoms with E-state index < -0.39 is 77.3 Å². The number of nitrogens with two attached hydrogens (primary N) is 1. The van der Waals surface area contributed by atoms with Gasteiger partial charge in [0, 0.05) is 12.0 Å². The molecule has 4 aromatic rings. The lowest BCUT2D eigenvalue weighted by Gasteiger charge is -2.46. The molecule has 0 saturated carbocycles. The van der Waals surface area contributed by atoms with Crippen molar-refractivity contribution in [1.82, 2.24) is 10.2 Å². The number of carbonyl (C=O) groups excluding carboxylic acids is 5. The Bertz CT molecular complexity index is 2340. The first-order chi connectivity index (χ1) is 29.0. The molecular formula is C46H46N4O10. The first-order valence-corrected chi connectivity index (χ1v) is 19.7. The second-order valence-corrected chi connectivity index (χ2v) is 15.2. The summed E-state index contributed by atoms with van der Waals surface area (Å²) in [6.45, 7) is 2.88. The van der Waals surface area contributed by atoms with E-state index in [9.17, 15) is 29.4 Å². The number of benzene rings is 4. The molecule has 7 rings (SSSR count). The van der Waals surface area contributed by atoms with Crippen LogP contribution in [-0.4, -0.2) is 83.9 Å². The van der Waals surface area contributed by atoms with E-state index in [-0.39, 0.29) is 37.5 Å². The van der Waals surface area contributed by atoms with Gasteiger partial charge in [-0.15, -0.1) is 0 Å². The molecule has 14 nitrogen and oxygen atoms in total. The minimum atomic E-state index is -2.12. The van der Waals surface area contributed by atoms with Gasteiger partial charge in [0.25, 0.3) is 0 Å². The van der Waals surface area contributed by atoms with Crippen LogP contribution in [0.4, 0.5) is 10.5 Å². The van der Waals surface area contributed by atoms with Gasteiger partial charge in [-0.05, 0) is 58.5 Å². The molecular weight excluding hydrogens is 769 g/mol. The Hall–Kier alpha value is -6.53. The predicted molar refractivity (Wildman–Crippen MR) is 218 cm³/mol. The summed E-state index contributed by atoms with van der Waals surface area (Å²) in [6.07, 6.45) is -0.802. The molecule has 4 amide bonds. The number of aliphatic hydroxyl groups excluding tert-OH is 2. The van der Waals surface area contributed by atoms with E-state index in [1.807, 2.05) is 65.6 Å². The number of morpholine rings is 1. The molecule has 1 spiro atoms. The molecule has 0 bridgehead atoms. The average Bonchev–Trinajstić information content (AvgIpc) is 3.71. The monoisotopic (exact) mass is 814 g/mol. The van der Waals surface area contributed by atoms with Crippen LogP contribution in [0, 0.1) is 23.7 Å². The maximum Gasteiger partial charge on any atom is 0.329 e. The third-order valence-electron chi connectivity index (χ3n) is 11.4. The highest BCUT2D eigenvalue weighted by Gasteiger charge is 2.75. The van der Waals surface area contributed by atoms with Crippen LogP contribution in [0.2, 0.25) is 0 Å². The minimum Gasteiger partial charge on any atom is -0.491 e. The van der Waals surface area contributed by atoms with E-state index in [2.05, 4.69) is 17.2 Å². The van der Waals surface area contributed by atoms with Crippen molar-refractivity contribution >= 4 is 35.5 Å². The Morgan fingerprint density at radius 1 is 0.883 bits per heavy atom. The standard InChI is InChI=1S/C46H46N4O10/c1-27(2)36(42(54)58-3)48-45(57)49-34-21-20-28(13-10-11-22-51)25-33(34)46(44(49)56)35(41(47)53)38-43(55)60-39(30-16-8-5-9-17-30)37(29-14-6-4-7-15-29)50(38)40(46)31-18-12-19-32(26-31)59-24-23-52/h4-9,12,14-21,25-27,35-40,51-52H,11,22-24H2,1-3H3,(H2,47,53)(H,48,57)/t35-,36+,37-,38-,39+,40+,46-/m1/s1. The number of urea groups is 1. The van der Waals surface area contributed by atoms with Gasteiger partial charge in [-0.1, -0.05) is 98.5 Å². The number of rotatable bonds is 11. The van der Waals surface area contributed by atoms with E-state index in [4.69, 9.17) is 19.9 Å². The normalized spacial score (nSPS) is 23.6. The van der Waals surface area contributed by atoms with Crippen LogP contribution in [0.15, 0.2) is 103 Å². The topological polar surface area (TPSA) is 198 Å². The number of anilines is 1.